The molecule has 0 radical (unpaired) electrons. The summed E-state index contributed by atoms with van der Waals surface area (Å²) in [5.74, 6) is 0.389. The van der Waals surface area contributed by atoms with Gasteiger partial charge in [0.15, 0.2) is 0 Å². The number of carbonyl (C=O) groups excluding carboxylic acids is 1. The van der Waals surface area contributed by atoms with Crippen LogP contribution in [0.1, 0.15) is 55.6 Å². The second kappa shape index (κ2) is 13.7. The first-order valence-corrected chi connectivity index (χ1v) is 13.4. The number of hydrogen-bond donors (Lipinski definition) is 2. The van der Waals surface area contributed by atoms with Gasteiger partial charge >= 0.3 is 0 Å². The average molecular weight is 518 g/mol. The van der Waals surface area contributed by atoms with Crippen molar-refractivity contribution in [3.05, 3.63) is 89.2 Å². The number of benzene rings is 2. The molecule has 6 nitrogen and oxygen atoms in total. The van der Waals surface area contributed by atoms with Crippen LogP contribution in [0.3, 0.4) is 0 Å². The van der Waals surface area contributed by atoms with Crippen LogP contribution >= 0.6 is 11.9 Å². The molecular weight excluding hydrogens is 482 g/mol. The molecule has 2 N–H and O–H groups in total. The van der Waals surface area contributed by atoms with Crippen molar-refractivity contribution < 1.29 is 14.6 Å². The van der Waals surface area contributed by atoms with E-state index >= 15 is 0 Å². The standard InChI is InChI=1S/C28H29N3O3S.C2H6/c1-4-34-28-10-6-7-23(30-28)20(16-21-15-18(2)11-14-25(21)32)17-27(33)31-35-26-9-5-8-24-22(26)13-12-19(3)29-24;1-2/h5-15,20,32H,4,16-17H2,1-3H3,(H,31,33);1-2H3. The van der Waals surface area contributed by atoms with Gasteiger partial charge in [0.1, 0.15) is 5.75 Å². The minimum Gasteiger partial charge on any atom is -0.508 e. The largest absolute Gasteiger partial charge is 0.508 e. The van der Waals surface area contributed by atoms with Gasteiger partial charge < -0.3 is 9.84 Å². The summed E-state index contributed by atoms with van der Waals surface area (Å²) >= 11 is 1.29. The van der Waals surface area contributed by atoms with Gasteiger partial charge in [0.05, 0.1) is 12.1 Å². The van der Waals surface area contributed by atoms with Crippen molar-refractivity contribution >= 4 is 28.8 Å². The van der Waals surface area contributed by atoms with E-state index in [1.54, 1.807) is 12.1 Å². The molecule has 7 heteroatoms. The van der Waals surface area contributed by atoms with E-state index in [4.69, 9.17) is 4.74 Å². The SMILES string of the molecule is CC.CCOc1cccc(C(CC(=O)NSc2cccc3nc(C)ccc23)Cc2cc(C)ccc2O)n1. The van der Waals surface area contributed by atoms with Crippen molar-refractivity contribution in [3.8, 4) is 11.6 Å². The zero-order valence-corrected chi connectivity index (χ0v) is 22.9. The van der Waals surface area contributed by atoms with Crippen molar-refractivity contribution in [2.24, 2.45) is 0 Å². The maximum Gasteiger partial charge on any atom is 0.230 e. The molecule has 2 aromatic carbocycles. The van der Waals surface area contributed by atoms with E-state index < -0.39 is 0 Å². The minimum atomic E-state index is -0.236. The molecule has 1 amide bonds. The fourth-order valence-electron chi connectivity index (χ4n) is 4.01. The molecule has 0 bridgehead atoms. The first-order valence-electron chi connectivity index (χ1n) is 12.6. The Morgan fingerprint density at radius 1 is 1.03 bits per heavy atom. The highest BCUT2D eigenvalue weighted by Gasteiger charge is 2.21. The predicted molar refractivity (Wildman–Crippen MR) is 151 cm³/mol. The lowest BCUT2D eigenvalue weighted by atomic mass is 9.91. The first-order chi connectivity index (χ1) is 17.9. The molecule has 2 aromatic heterocycles. The number of fused-ring (bicyclic) bond motifs is 1. The van der Waals surface area contributed by atoms with Gasteiger partial charge in [-0.3, -0.25) is 14.5 Å². The van der Waals surface area contributed by atoms with Crippen LogP contribution in [0, 0.1) is 13.8 Å². The molecule has 0 spiro atoms. The van der Waals surface area contributed by atoms with E-state index in [9.17, 15) is 9.90 Å². The van der Waals surface area contributed by atoms with Crippen molar-refractivity contribution in [2.75, 3.05) is 6.61 Å². The van der Waals surface area contributed by atoms with Crippen LogP contribution in [0.5, 0.6) is 11.6 Å². The lowest BCUT2D eigenvalue weighted by Crippen LogP contribution is -2.20. The van der Waals surface area contributed by atoms with Crippen LogP contribution in [0.2, 0.25) is 0 Å². The Hall–Kier alpha value is -3.58. The molecule has 4 rings (SSSR count). The Labute approximate surface area is 223 Å². The van der Waals surface area contributed by atoms with Gasteiger partial charge in [-0.05, 0) is 81.1 Å². The topological polar surface area (TPSA) is 84.3 Å². The van der Waals surface area contributed by atoms with E-state index in [0.717, 1.165) is 38.3 Å². The Morgan fingerprint density at radius 3 is 2.59 bits per heavy atom. The van der Waals surface area contributed by atoms with Crippen LogP contribution in [0.15, 0.2) is 71.6 Å². The van der Waals surface area contributed by atoms with Crippen LogP contribution in [-0.4, -0.2) is 27.6 Å². The summed E-state index contributed by atoms with van der Waals surface area (Å²) in [6.45, 7) is 10.4. The summed E-state index contributed by atoms with van der Waals surface area (Å²) in [5.41, 5.74) is 4.44. The van der Waals surface area contributed by atoms with Crippen LogP contribution in [0.25, 0.3) is 10.9 Å². The third-order valence-corrected chi connectivity index (χ3v) is 6.60. The highest BCUT2D eigenvalue weighted by Crippen LogP contribution is 2.30. The molecule has 0 aliphatic rings. The van der Waals surface area contributed by atoms with E-state index in [2.05, 4.69) is 14.7 Å². The van der Waals surface area contributed by atoms with Crippen molar-refractivity contribution in [3.63, 3.8) is 0 Å². The lowest BCUT2D eigenvalue weighted by Gasteiger charge is -2.18. The number of hydrogen-bond acceptors (Lipinski definition) is 6. The zero-order chi connectivity index (χ0) is 26.8. The quantitative estimate of drug-likeness (QED) is 0.235. The Morgan fingerprint density at radius 2 is 1.81 bits per heavy atom. The number of aromatic nitrogens is 2. The maximum absolute atomic E-state index is 13.1. The summed E-state index contributed by atoms with van der Waals surface area (Å²) in [7, 11) is 0. The molecule has 0 aliphatic carbocycles. The Balaban J connectivity index is 0.00000186. The van der Waals surface area contributed by atoms with Gasteiger partial charge in [0.25, 0.3) is 0 Å². The maximum atomic E-state index is 13.1. The Bertz CT molecular complexity index is 1340. The fourth-order valence-corrected chi connectivity index (χ4v) is 4.74. The van der Waals surface area contributed by atoms with Crippen LogP contribution in [0.4, 0.5) is 0 Å². The Kier molecular flexibility index (Phi) is 10.3. The highest BCUT2D eigenvalue weighted by molar-refractivity contribution is 7.98. The van der Waals surface area contributed by atoms with E-state index in [0.29, 0.717) is 18.9 Å². The van der Waals surface area contributed by atoms with Gasteiger partial charge in [-0.2, -0.15) is 0 Å². The highest BCUT2D eigenvalue weighted by atomic mass is 32.2. The molecule has 0 saturated heterocycles. The number of phenolic OH excluding ortho intramolecular Hbond substituents is 1. The molecule has 0 saturated carbocycles. The summed E-state index contributed by atoms with van der Waals surface area (Å²) in [5, 5.41) is 11.4. The number of nitrogens with one attached hydrogen (secondary N) is 1. The third kappa shape index (κ3) is 7.70. The number of nitrogens with zero attached hydrogens (tertiary/aromatic N) is 2. The molecular formula is C30H35N3O3S. The third-order valence-electron chi connectivity index (χ3n) is 5.69. The molecule has 0 fully saturated rings. The predicted octanol–water partition coefficient (Wildman–Crippen LogP) is 6.92. The number of carbonyl (C=O) groups is 1. The lowest BCUT2D eigenvalue weighted by molar-refractivity contribution is -0.119. The molecule has 4 aromatic rings. The van der Waals surface area contributed by atoms with Crippen LogP contribution in [-0.2, 0) is 11.2 Å². The number of amides is 1. The van der Waals surface area contributed by atoms with Gasteiger partial charge in [-0.1, -0.05) is 43.7 Å². The second-order valence-corrected chi connectivity index (χ2v) is 9.32. The van der Waals surface area contributed by atoms with Crippen molar-refractivity contribution in [1.29, 1.82) is 0 Å². The summed E-state index contributed by atoms with van der Waals surface area (Å²) in [6, 6.07) is 21.0. The summed E-state index contributed by atoms with van der Waals surface area (Å²) in [6.07, 6.45) is 0.691. The smallest absolute Gasteiger partial charge is 0.230 e. The summed E-state index contributed by atoms with van der Waals surface area (Å²) in [4.78, 5) is 23.2. The number of ether oxygens (including phenoxy) is 1. The summed E-state index contributed by atoms with van der Waals surface area (Å²) < 4.78 is 8.56. The van der Waals surface area contributed by atoms with Crippen LogP contribution < -0.4 is 9.46 Å². The number of rotatable bonds is 9. The van der Waals surface area contributed by atoms with Gasteiger partial charge in [0.2, 0.25) is 11.8 Å². The molecule has 2 heterocycles. The minimum absolute atomic E-state index is 0.118. The number of aryl methyl sites for hydroxylation is 2. The second-order valence-electron chi connectivity index (χ2n) is 8.47. The molecule has 194 valence electrons. The first kappa shape index (κ1) is 28.0. The molecule has 0 aliphatic heterocycles. The molecule has 1 atom stereocenters. The molecule has 37 heavy (non-hydrogen) atoms. The van der Waals surface area contributed by atoms with Gasteiger partial charge in [-0.15, -0.1) is 0 Å². The zero-order valence-electron chi connectivity index (χ0n) is 22.1. The molecule has 1 unspecified atom stereocenters. The number of aromatic hydroxyl groups is 1. The van der Waals surface area contributed by atoms with Crippen molar-refractivity contribution in [1.82, 2.24) is 14.7 Å². The number of phenols is 1. The van der Waals surface area contributed by atoms with Gasteiger partial charge in [0, 0.05) is 40.1 Å². The average Bonchev–Trinajstić information content (AvgIpc) is 2.90. The number of pyridine rings is 2. The van der Waals surface area contributed by atoms with E-state index in [1.807, 2.05) is 89.2 Å². The van der Waals surface area contributed by atoms with Gasteiger partial charge in [-0.25, -0.2) is 4.98 Å². The van der Waals surface area contributed by atoms with Crippen molar-refractivity contribution in [2.45, 2.75) is 58.3 Å². The van der Waals surface area contributed by atoms with E-state index in [1.165, 1.54) is 11.9 Å². The fraction of sp³-hybridized carbons (Fsp3) is 0.300. The van der Waals surface area contributed by atoms with E-state index in [-0.39, 0.29) is 24.0 Å². The normalized spacial score (nSPS) is 11.4. The monoisotopic (exact) mass is 517 g/mol.